The Kier molecular flexibility index (Phi) is 4.93. The number of alkyl halides is 1. The summed E-state index contributed by atoms with van der Waals surface area (Å²) in [6.45, 7) is -1.65. The Morgan fingerprint density at radius 3 is 2.36 bits per heavy atom. The fraction of sp³-hybridized carbons (Fsp3) is 0.833. The highest BCUT2D eigenvalue weighted by molar-refractivity contribution is 5.84. The number of carbonyl (C=O) groups excluding carboxylic acids is 1. The fourth-order valence-corrected chi connectivity index (χ4v) is 0.578. The van der Waals surface area contributed by atoms with Crippen LogP contribution in [-0.4, -0.2) is 46.6 Å². The first-order valence-corrected chi connectivity index (χ1v) is 3.19. The first kappa shape index (κ1) is 10.5. The highest BCUT2D eigenvalue weighted by atomic mass is 19.1. The zero-order chi connectivity index (χ0) is 8.85. The summed E-state index contributed by atoms with van der Waals surface area (Å²) < 4.78 is 11.5. The van der Waals surface area contributed by atoms with Gasteiger partial charge in [-0.25, -0.2) is 0 Å². The van der Waals surface area contributed by atoms with Gasteiger partial charge in [0.1, 0.15) is 12.7 Å². The lowest BCUT2D eigenvalue weighted by atomic mass is 10.1. The van der Waals surface area contributed by atoms with Crippen molar-refractivity contribution in [3.05, 3.63) is 0 Å². The molecular formula is C6H11FO4. The van der Waals surface area contributed by atoms with Crippen LogP contribution < -0.4 is 0 Å². The number of hydrogen-bond acceptors (Lipinski definition) is 4. The fourth-order valence-electron chi connectivity index (χ4n) is 0.578. The second-order valence-corrected chi connectivity index (χ2v) is 2.11. The normalized spacial score (nSPS) is 16.0. The number of aliphatic hydroxyl groups is 3. The molecular weight excluding hydrogens is 155 g/mol. The van der Waals surface area contributed by atoms with Gasteiger partial charge in [-0.05, 0) is 0 Å². The van der Waals surface area contributed by atoms with Crippen LogP contribution in [0.25, 0.3) is 0 Å². The zero-order valence-corrected chi connectivity index (χ0v) is 5.90. The van der Waals surface area contributed by atoms with Gasteiger partial charge in [-0.1, -0.05) is 0 Å². The number of rotatable bonds is 5. The Hall–Kier alpha value is -0.520. The maximum atomic E-state index is 11.5. The molecule has 0 aromatic rings. The SMILES string of the molecule is O=C(CO)[C@@H](O)[C@H](O)CCF. The smallest absolute Gasteiger partial charge is 0.189 e. The minimum absolute atomic E-state index is 0.299. The highest BCUT2D eigenvalue weighted by Crippen LogP contribution is 2.00. The van der Waals surface area contributed by atoms with Gasteiger partial charge in [0.25, 0.3) is 0 Å². The maximum absolute atomic E-state index is 11.5. The average molecular weight is 166 g/mol. The van der Waals surface area contributed by atoms with E-state index in [1.807, 2.05) is 0 Å². The summed E-state index contributed by atoms with van der Waals surface area (Å²) in [5, 5.41) is 25.8. The Balaban J connectivity index is 3.80. The van der Waals surface area contributed by atoms with Crippen molar-refractivity contribution in [2.75, 3.05) is 13.3 Å². The van der Waals surface area contributed by atoms with E-state index in [1.54, 1.807) is 0 Å². The summed E-state index contributed by atoms with van der Waals surface area (Å²) in [6, 6.07) is 0. The number of halogens is 1. The number of ketones is 1. The first-order chi connectivity index (χ1) is 5.13. The van der Waals surface area contributed by atoms with E-state index in [2.05, 4.69) is 0 Å². The second kappa shape index (κ2) is 5.17. The van der Waals surface area contributed by atoms with E-state index in [9.17, 15) is 9.18 Å². The van der Waals surface area contributed by atoms with Crippen molar-refractivity contribution in [1.82, 2.24) is 0 Å². The van der Waals surface area contributed by atoms with Gasteiger partial charge in [-0.2, -0.15) is 0 Å². The first-order valence-electron chi connectivity index (χ1n) is 3.19. The molecule has 66 valence electrons. The molecule has 0 aliphatic heterocycles. The Bertz CT molecular complexity index is 128. The van der Waals surface area contributed by atoms with Gasteiger partial charge in [0.15, 0.2) is 5.78 Å². The van der Waals surface area contributed by atoms with Crippen LogP contribution in [0.4, 0.5) is 4.39 Å². The molecule has 4 nitrogen and oxygen atoms in total. The van der Waals surface area contributed by atoms with Crippen molar-refractivity contribution in [2.45, 2.75) is 18.6 Å². The van der Waals surface area contributed by atoms with E-state index >= 15 is 0 Å². The van der Waals surface area contributed by atoms with Crippen molar-refractivity contribution in [3.63, 3.8) is 0 Å². The van der Waals surface area contributed by atoms with E-state index in [1.165, 1.54) is 0 Å². The van der Waals surface area contributed by atoms with Crippen LogP contribution >= 0.6 is 0 Å². The summed E-state index contributed by atoms with van der Waals surface area (Å²) in [7, 11) is 0. The van der Waals surface area contributed by atoms with Gasteiger partial charge in [0.2, 0.25) is 0 Å². The molecule has 0 aliphatic carbocycles. The second-order valence-electron chi connectivity index (χ2n) is 2.11. The minimum Gasteiger partial charge on any atom is -0.390 e. The van der Waals surface area contributed by atoms with Crippen LogP contribution in [-0.2, 0) is 4.79 Å². The number of carbonyl (C=O) groups is 1. The number of Topliss-reactive ketones (excluding diaryl/α,β-unsaturated/α-hetero) is 1. The maximum Gasteiger partial charge on any atom is 0.189 e. The van der Waals surface area contributed by atoms with Crippen LogP contribution in [0.15, 0.2) is 0 Å². The number of aliphatic hydroxyl groups excluding tert-OH is 3. The molecule has 0 rings (SSSR count). The van der Waals surface area contributed by atoms with Crippen LogP contribution in [0.2, 0.25) is 0 Å². The molecule has 5 heteroatoms. The lowest BCUT2D eigenvalue weighted by Gasteiger charge is -2.13. The molecule has 11 heavy (non-hydrogen) atoms. The molecule has 0 spiro atoms. The molecule has 0 fully saturated rings. The molecule has 0 heterocycles. The molecule has 0 saturated carbocycles. The van der Waals surface area contributed by atoms with Gasteiger partial charge in [-0.3, -0.25) is 9.18 Å². The molecule has 0 bridgehead atoms. The molecule has 0 amide bonds. The third-order valence-corrected chi connectivity index (χ3v) is 1.26. The zero-order valence-electron chi connectivity index (χ0n) is 5.90. The predicted molar refractivity (Wildman–Crippen MR) is 34.7 cm³/mol. The average Bonchev–Trinajstić information content (AvgIpc) is 2.02. The summed E-state index contributed by atoms with van der Waals surface area (Å²) >= 11 is 0. The van der Waals surface area contributed by atoms with Crippen molar-refractivity contribution in [1.29, 1.82) is 0 Å². The van der Waals surface area contributed by atoms with Gasteiger partial charge in [-0.15, -0.1) is 0 Å². The highest BCUT2D eigenvalue weighted by Gasteiger charge is 2.22. The van der Waals surface area contributed by atoms with Crippen molar-refractivity contribution in [2.24, 2.45) is 0 Å². The van der Waals surface area contributed by atoms with E-state index in [0.717, 1.165) is 0 Å². The topological polar surface area (TPSA) is 77.8 Å². The van der Waals surface area contributed by atoms with Crippen molar-refractivity contribution >= 4 is 5.78 Å². The molecule has 0 aromatic heterocycles. The Morgan fingerprint density at radius 1 is 1.45 bits per heavy atom. The van der Waals surface area contributed by atoms with Crippen molar-refractivity contribution in [3.8, 4) is 0 Å². The van der Waals surface area contributed by atoms with Gasteiger partial charge < -0.3 is 15.3 Å². The van der Waals surface area contributed by atoms with Crippen molar-refractivity contribution < 1.29 is 24.5 Å². The summed E-state index contributed by atoms with van der Waals surface area (Å²) in [5.41, 5.74) is 0. The van der Waals surface area contributed by atoms with Gasteiger partial charge in [0, 0.05) is 6.42 Å². The molecule has 0 saturated heterocycles. The molecule has 0 radical (unpaired) electrons. The van der Waals surface area contributed by atoms with Crippen LogP contribution in [0.5, 0.6) is 0 Å². The van der Waals surface area contributed by atoms with Gasteiger partial charge >= 0.3 is 0 Å². The standard InChI is InChI=1S/C6H11FO4/c7-2-1-4(9)6(11)5(10)3-8/h4,6,8-9,11H,1-3H2/t4-,6+/m1/s1. The van der Waals surface area contributed by atoms with Gasteiger partial charge in [0.05, 0.1) is 12.8 Å². The Labute approximate surface area is 63.3 Å². The molecule has 0 aromatic carbocycles. The third-order valence-electron chi connectivity index (χ3n) is 1.26. The lowest BCUT2D eigenvalue weighted by Crippen LogP contribution is -2.35. The van der Waals surface area contributed by atoms with Crippen LogP contribution in [0.1, 0.15) is 6.42 Å². The summed E-state index contributed by atoms with van der Waals surface area (Å²) in [6.07, 6.45) is -3.39. The van der Waals surface area contributed by atoms with E-state index in [-0.39, 0.29) is 6.42 Å². The van der Waals surface area contributed by atoms with Crippen LogP contribution in [0, 0.1) is 0 Å². The predicted octanol–water partition coefficient (Wildman–Crippen LogP) is -1.37. The number of hydrogen-bond donors (Lipinski definition) is 3. The molecule has 0 unspecified atom stereocenters. The third kappa shape index (κ3) is 3.41. The molecule has 2 atom stereocenters. The monoisotopic (exact) mass is 166 g/mol. The van der Waals surface area contributed by atoms with Crippen LogP contribution in [0.3, 0.4) is 0 Å². The van der Waals surface area contributed by atoms with E-state index in [0.29, 0.717) is 0 Å². The summed E-state index contributed by atoms with van der Waals surface area (Å²) in [4.78, 5) is 10.4. The largest absolute Gasteiger partial charge is 0.390 e. The molecule has 3 N–H and O–H groups in total. The quantitative estimate of drug-likeness (QED) is 0.471. The van der Waals surface area contributed by atoms with E-state index < -0.39 is 31.3 Å². The Morgan fingerprint density at radius 2 is 2.00 bits per heavy atom. The summed E-state index contributed by atoms with van der Waals surface area (Å²) in [5.74, 6) is -0.897. The molecule has 0 aliphatic rings. The van der Waals surface area contributed by atoms with E-state index in [4.69, 9.17) is 15.3 Å². The lowest BCUT2D eigenvalue weighted by molar-refractivity contribution is -0.136. The minimum atomic E-state index is -1.67.